The van der Waals surface area contributed by atoms with Crippen LogP contribution in [0, 0.1) is 0 Å². The maximum absolute atomic E-state index is 12.2. The van der Waals surface area contributed by atoms with Crippen LogP contribution in [0.4, 0.5) is 0 Å². The van der Waals surface area contributed by atoms with Gasteiger partial charge in [-0.05, 0) is 26.8 Å². The molecule has 2 atom stereocenters. The molecule has 1 N–H and O–H groups in total. The minimum atomic E-state index is -1.42. The Morgan fingerprint density at radius 2 is 2.00 bits per heavy atom. The summed E-state index contributed by atoms with van der Waals surface area (Å²) >= 11 is 0. The summed E-state index contributed by atoms with van der Waals surface area (Å²) in [6, 6.07) is 6.25. The van der Waals surface area contributed by atoms with Crippen molar-refractivity contribution in [1.82, 2.24) is 4.90 Å². The van der Waals surface area contributed by atoms with Crippen LogP contribution in [-0.2, 0) is 10.5 Å². The van der Waals surface area contributed by atoms with Crippen molar-refractivity contribution in [2.45, 2.75) is 32.5 Å². The van der Waals surface area contributed by atoms with Gasteiger partial charge in [-0.1, -0.05) is 18.2 Å². The van der Waals surface area contributed by atoms with E-state index in [0.717, 1.165) is 0 Å². The number of aliphatic hydroxyl groups is 1. The molecule has 1 heterocycles. The number of carbonyl (C=O) groups is 2. The van der Waals surface area contributed by atoms with Crippen molar-refractivity contribution in [2.75, 3.05) is 0 Å². The van der Waals surface area contributed by atoms with Gasteiger partial charge in [0.2, 0.25) is 0 Å². The lowest BCUT2D eigenvalue weighted by atomic mass is 10.0. The summed E-state index contributed by atoms with van der Waals surface area (Å²) in [6.07, 6.45) is 0. The average Bonchev–Trinajstić information content (AvgIpc) is 2.47. The summed E-state index contributed by atoms with van der Waals surface area (Å²) < 4.78 is 0. The van der Waals surface area contributed by atoms with Gasteiger partial charge in [-0.3, -0.25) is 14.5 Å². The van der Waals surface area contributed by atoms with Gasteiger partial charge in [-0.15, -0.1) is 0 Å². The van der Waals surface area contributed by atoms with Gasteiger partial charge in [0.05, 0.1) is 6.04 Å². The molecule has 1 aromatic rings. The average molecular weight is 233 g/mol. The first-order valence-electron chi connectivity index (χ1n) is 5.53. The lowest BCUT2D eigenvalue weighted by Crippen LogP contribution is -2.49. The van der Waals surface area contributed by atoms with Gasteiger partial charge in [-0.25, -0.2) is 0 Å². The normalized spacial score (nSPS) is 24.7. The fourth-order valence-electron chi connectivity index (χ4n) is 2.27. The number of Topliss-reactive ketones (excluding diaryl/α,β-unsaturated/α-hetero) is 1. The van der Waals surface area contributed by atoms with Gasteiger partial charge < -0.3 is 5.11 Å². The molecule has 1 aliphatic heterocycles. The first-order chi connectivity index (χ1) is 7.87. The maximum Gasteiger partial charge on any atom is 0.257 e. The van der Waals surface area contributed by atoms with Crippen LogP contribution < -0.4 is 0 Å². The zero-order chi connectivity index (χ0) is 12.8. The van der Waals surface area contributed by atoms with E-state index in [1.165, 1.54) is 18.7 Å². The lowest BCUT2D eigenvalue weighted by Gasteiger charge is -2.34. The molecule has 4 nitrogen and oxygen atoms in total. The number of hydrogen-bond acceptors (Lipinski definition) is 3. The molecule has 0 saturated heterocycles. The van der Waals surface area contributed by atoms with E-state index in [2.05, 4.69) is 0 Å². The number of fused-ring (bicyclic) bond motifs is 1. The third-order valence-corrected chi connectivity index (χ3v) is 3.33. The molecule has 1 unspecified atom stereocenters. The standard InChI is InChI=1S/C13H15NO3/c1-8(9(2)15)14-12(16)10-6-4-5-7-11(10)13(14,3)17/h4-8,17H,1-3H3/t8-,13?/m0/s1. The van der Waals surface area contributed by atoms with Crippen LogP contribution >= 0.6 is 0 Å². The van der Waals surface area contributed by atoms with Gasteiger partial charge in [0.1, 0.15) is 0 Å². The summed E-state index contributed by atoms with van der Waals surface area (Å²) in [5.41, 5.74) is -0.401. The minimum Gasteiger partial charge on any atom is -0.367 e. The molecule has 0 radical (unpaired) electrons. The number of ketones is 1. The van der Waals surface area contributed by atoms with E-state index in [1.807, 2.05) is 0 Å². The highest BCUT2D eigenvalue weighted by molar-refractivity contribution is 6.02. The number of benzene rings is 1. The smallest absolute Gasteiger partial charge is 0.257 e. The number of amides is 1. The van der Waals surface area contributed by atoms with E-state index in [-0.39, 0.29) is 11.7 Å². The summed E-state index contributed by atoms with van der Waals surface area (Å²) in [6.45, 7) is 4.58. The molecule has 0 aliphatic carbocycles. The van der Waals surface area contributed by atoms with Crippen LogP contribution in [0.15, 0.2) is 24.3 Å². The largest absolute Gasteiger partial charge is 0.367 e. The summed E-state index contributed by atoms with van der Waals surface area (Å²) in [4.78, 5) is 24.8. The number of nitrogens with zero attached hydrogens (tertiary/aromatic N) is 1. The second kappa shape index (κ2) is 3.67. The molecule has 0 saturated carbocycles. The molecular formula is C13H15NO3. The summed E-state index contributed by atoms with van der Waals surface area (Å²) in [7, 11) is 0. The molecule has 90 valence electrons. The Hall–Kier alpha value is -1.68. The Morgan fingerprint density at radius 1 is 1.41 bits per heavy atom. The molecule has 0 fully saturated rings. The monoisotopic (exact) mass is 233 g/mol. The third kappa shape index (κ3) is 1.56. The molecule has 0 bridgehead atoms. The van der Waals surface area contributed by atoms with Gasteiger partial charge in [-0.2, -0.15) is 0 Å². The Kier molecular flexibility index (Phi) is 2.54. The van der Waals surface area contributed by atoms with Gasteiger partial charge in [0.15, 0.2) is 11.5 Å². The minimum absolute atomic E-state index is 0.147. The predicted molar refractivity (Wildman–Crippen MR) is 62.3 cm³/mol. The number of hydrogen-bond donors (Lipinski definition) is 1. The van der Waals surface area contributed by atoms with E-state index in [1.54, 1.807) is 31.2 Å². The van der Waals surface area contributed by atoms with E-state index >= 15 is 0 Å². The Morgan fingerprint density at radius 3 is 2.53 bits per heavy atom. The lowest BCUT2D eigenvalue weighted by molar-refractivity contribution is -0.132. The van der Waals surface area contributed by atoms with E-state index in [0.29, 0.717) is 11.1 Å². The molecule has 1 aliphatic rings. The molecule has 2 rings (SSSR count). The highest BCUT2D eigenvalue weighted by Crippen LogP contribution is 2.38. The van der Waals surface area contributed by atoms with Crippen molar-refractivity contribution in [3.8, 4) is 0 Å². The fourth-order valence-corrected chi connectivity index (χ4v) is 2.27. The van der Waals surface area contributed by atoms with Crippen molar-refractivity contribution >= 4 is 11.7 Å². The highest BCUT2D eigenvalue weighted by atomic mass is 16.3. The van der Waals surface area contributed by atoms with E-state index in [4.69, 9.17) is 0 Å². The van der Waals surface area contributed by atoms with Crippen LogP contribution in [0.3, 0.4) is 0 Å². The van der Waals surface area contributed by atoms with Crippen LogP contribution in [0.2, 0.25) is 0 Å². The number of carbonyl (C=O) groups excluding carboxylic acids is 2. The molecule has 1 aromatic carbocycles. The molecule has 0 aromatic heterocycles. The fraction of sp³-hybridized carbons (Fsp3) is 0.385. The van der Waals surface area contributed by atoms with Crippen molar-refractivity contribution in [3.63, 3.8) is 0 Å². The first kappa shape index (κ1) is 11.8. The topological polar surface area (TPSA) is 57.6 Å². The zero-order valence-corrected chi connectivity index (χ0v) is 10.1. The Balaban J connectivity index is 2.54. The molecule has 17 heavy (non-hydrogen) atoms. The van der Waals surface area contributed by atoms with Crippen LogP contribution in [-0.4, -0.2) is 27.7 Å². The zero-order valence-electron chi connectivity index (χ0n) is 10.1. The van der Waals surface area contributed by atoms with Gasteiger partial charge >= 0.3 is 0 Å². The molecule has 1 amide bonds. The van der Waals surface area contributed by atoms with Crippen molar-refractivity contribution < 1.29 is 14.7 Å². The second-order valence-corrected chi connectivity index (χ2v) is 4.53. The van der Waals surface area contributed by atoms with E-state index < -0.39 is 11.8 Å². The van der Waals surface area contributed by atoms with Crippen molar-refractivity contribution in [2.24, 2.45) is 0 Å². The van der Waals surface area contributed by atoms with Gasteiger partial charge in [0.25, 0.3) is 5.91 Å². The van der Waals surface area contributed by atoms with Gasteiger partial charge in [0, 0.05) is 11.1 Å². The summed E-state index contributed by atoms with van der Waals surface area (Å²) in [5.74, 6) is -0.445. The molecular weight excluding hydrogens is 218 g/mol. The van der Waals surface area contributed by atoms with Crippen molar-refractivity contribution in [1.29, 1.82) is 0 Å². The third-order valence-electron chi connectivity index (χ3n) is 3.33. The number of rotatable bonds is 2. The highest BCUT2D eigenvalue weighted by Gasteiger charge is 2.47. The van der Waals surface area contributed by atoms with E-state index in [9.17, 15) is 14.7 Å². The van der Waals surface area contributed by atoms with Crippen molar-refractivity contribution in [3.05, 3.63) is 35.4 Å². The van der Waals surface area contributed by atoms with Crippen LogP contribution in [0.5, 0.6) is 0 Å². The Bertz CT molecular complexity index is 493. The maximum atomic E-state index is 12.2. The second-order valence-electron chi connectivity index (χ2n) is 4.53. The SMILES string of the molecule is CC(=O)[C@H](C)N1C(=O)c2ccccc2C1(C)O. The first-order valence-corrected chi connectivity index (χ1v) is 5.53. The van der Waals surface area contributed by atoms with Crippen LogP contribution in [0.1, 0.15) is 36.7 Å². The quantitative estimate of drug-likeness (QED) is 0.837. The molecule has 0 spiro atoms. The Labute approximate surface area is 99.9 Å². The summed E-state index contributed by atoms with van der Waals surface area (Å²) in [5, 5.41) is 10.4. The van der Waals surface area contributed by atoms with Crippen LogP contribution in [0.25, 0.3) is 0 Å². The molecule has 4 heteroatoms. The predicted octanol–water partition coefficient (Wildman–Crippen LogP) is 1.28.